The lowest BCUT2D eigenvalue weighted by molar-refractivity contribution is -0.130. The molecule has 2 heteroatoms. The first kappa shape index (κ1) is 12.5. The summed E-state index contributed by atoms with van der Waals surface area (Å²) >= 11 is 0. The normalized spacial score (nSPS) is 9.94. The van der Waals surface area contributed by atoms with Crippen molar-refractivity contribution in [3.8, 4) is 0 Å². The van der Waals surface area contributed by atoms with Gasteiger partial charge in [0.05, 0.1) is 5.57 Å². The number of benzene rings is 1. The highest BCUT2D eigenvalue weighted by molar-refractivity contribution is 6.16. The van der Waals surface area contributed by atoms with Crippen molar-refractivity contribution >= 4 is 11.5 Å². The lowest BCUT2D eigenvalue weighted by atomic mass is 9.99. The minimum Gasteiger partial charge on any atom is -0.478 e. The fraction of sp³-hybridized carbons (Fsp3) is 0.357. The summed E-state index contributed by atoms with van der Waals surface area (Å²) in [5.41, 5.74) is 3.27. The Labute approximate surface area is 96.6 Å². The van der Waals surface area contributed by atoms with E-state index in [4.69, 9.17) is 5.11 Å². The number of rotatable bonds is 4. The molecular weight excluding hydrogens is 200 g/mol. The van der Waals surface area contributed by atoms with Crippen molar-refractivity contribution in [2.75, 3.05) is 0 Å². The van der Waals surface area contributed by atoms with Gasteiger partial charge in [-0.15, -0.1) is 0 Å². The highest BCUT2D eigenvalue weighted by atomic mass is 16.4. The Kier molecular flexibility index (Phi) is 4.29. The van der Waals surface area contributed by atoms with Crippen LogP contribution >= 0.6 is 0 Å². The molecule has 0 bridgehead atoms. The van der Waals surface area contributed by atoms with E-state index in [9.17, 15) is 4.79 Å². The molecule has 86 valence electrons. The highest BCUT2D eigenvalue weighted by Gasteiger charge is 2.11. The lowest BCUT2D eigenvalue weighted by Crippen LogP contribution is -2.01. The van der Waals surface area contributed by atoms with E-state index in [1.807, 2.05) is 38.1 Å². The van der Waals surface area contributed by atoms with Gasteiger partial charge < -0.3 is 5.11 Å². The quantitative estimate of drug-likeness (QED) is 0.785. The summed E-state index contributed by atoms with van der Waals surface area (Å²) in [5, 5.41) is 9.11. The number of carboxylic acid groups (broad SMARTS) is 1. The maximum atomic E-state index is 11.1. The summed E-state index contributed by atoms with van der Waals surface area (Å²) in [6.07, 6.45) is 2.14. The molecule has 1 N–H and O–H groups in total. The molecule has 0 aliphatic heterocycles. The zero-order valence-electron chi connectivity index (χ0n) is 10.1. The van der Waals surface area contributed by atoms with Gasteiger partial charge in [-0.3, -0.25) is 0 Å². The Balaban J connectivity index is 3.05. The van der Waals surface area contributed by atoms with Gasteiger partial charge in [-0.25, -0.2) is 4.79 Å². The average molecular weight is 218 g/mol. The van der Waals surface area contributed by atoms with Crippen LogP contribution in [-0.4, -0.2) is 11.1 Å². The summed E-state index contributed by atoms with van der Waals surface area (Å²) < 4.78 is 0. The molecule has 16 heavy (non-hydrogen) atoms. The second kappa shape index (κ2) is 5.50. The fourth-order valence-electron chi connectivity index (χ4n) is 1.75. The Morgan fingerprint density at radius 2 is 1.75 bits per heavy atom. The van der Waals surface area contributed by atoms with Crippen LogP contribution in [0.25, 0.3) is 5.57 Å². The largest absolute Gasteiger partial charge is 0.478 e. The molecular formula is C14H18O2. The van der Waals surface area contributed by atoms with Crippen LogP contribution in [-0.2, 0) is 11.2 Å². The monoisotopic (exact) mass is 218 g/mol. The van der Waals surface area contributed by atoms with Crippen LogP contribution in [0.2, 0.25) is 0 Å². The van der Waals surface area contributed by atoms with Crippen molar-refractivity contribution in [3.63, 3.8) is 0 Å². The number of hydrogen-bond acceptors (Lipinski definition) is 1. The second-order valence-electron chi connectivity index (χ2n) is 4.13. The topological polar surface area (TPSA) is 37.3 Å². The minimum absolute atomic E-state index is 0.406. The van der Waals surface area contributed by atoms with Gasteiger partial charge in [0.15, 0.2) is 0 Å². The third-order valence-corrected chi connectivity index (χ3v) is 2.50. The van der Waals surface area contributed by atoms with Crippen molar-refractivity contribution in [2.24, 2.45) is 0 Å². The van der Waals surface area contributed by atoms with Gasteiger partial charge in [-0.2, -0.15) is 0 Å². The van der Waals surface area contributed by atoms with Crippen LogP contribution < -0.4 is 0 Å². The molecule has 0 aliphatic carbocycles. The van der Waals surface area contributed by atoms with Crippen LogP contribution in [0.4, 0.5) is 0 Å². The second-order valence-corrected chi connectivity index (χ2v) is 4.13. The third kappa shape index (κ3) is 2.96. The fourth-order valence-corrected chi connectivity index (χ4v) is 1.75. The van der Waals surface area contributed by atoms with Crippen LogP contribution in [0.1, 0.15) is 38.3 Å². The predicted molar refractivity (Wildman–Crippen MR) is 66.3 cm³/mol. The van der Waals surface area contributed by atoms with Gasteiger partial charge in [-0.05, 0) is 31.4 Å². The van der Waals surface area contributed by atoms with E-state index in [0.29, 0.717) is 5.57 Å². The SMILES string of the molecule is CCCc1ccc(C(C(=O)O)=C(C)C)cc1. The first-order valence-corrected chi connectivity index (χ1v) is 5.56. The zero-order chi connectivity index (χ0) is 12.1. The Hall–Kier alpha value is -1.57. The molecule has 0 saturated heterocycles. The Morgan fingerprint density at radius 1 is 1.19 bits per heavy atom. The van der Waals surface area contributed by atoms with Crippen LogP contribution in [0.5, 0.6) is 0 Å². The minimum atomic E-state index is -0.858. The molecule has 0 radical (unpaired) electrons. The molecule has 0 saturated carbocycles. The molecule has 0 unspecified atom stereocenters. The molecule has 0 spiro atoms. The van der Waals surface area contributed by atoms with Crippen LogP contribution in [0, 0.1) is 0 Å². The van der Waals surface area contributed by atoms with E-state index in [1.165, 1.54) is 5.56 Å². The molecule has 0 atom stereocenters. The molecule has 0 aromatic heterocycles. The van der Waals surface area contributed by atoms with Crippen molar-refractivity contribution in [1.29, 1.82) is 0 Å². The molecule has 0 aliphatic rings. The molecule has 0 amide bonds. The van der Waals surface area contributed by atoms with E-state index < -0.39 is 5.97 Å². The van der Waals surface area contributed by atoms with Gasteiger partial charge >= 0.3 is 5.97 Å². The first-order valence-electron chi connectivity index (χ1n) is 5.56. The number of hydrogen-bond donors (Lipinski definition) is 1. The summed E-state index contributed by atoms with van der Waals surface area (Å²) in [5.74, 6) is -0.858. The van der Waals surface area contributed by atoms with Crippen molar-refractivity contribution < 1.29 is 9.90 Å². The number of carbonyl (C=O) groups is 1. The molecule has 1 rings (SSSR count). The first-order chi connectivity index (χ1) is 7.56. The van der Waals surface area contributed by atoms with E-state index >= 15 is 0 Å². The van der Waals surface area contributed by atoms with E-state index in [2.05, 4.69) is 6.92 Å². The summed E-state index contributed by atoms with van der Waals surface area (Å²) in [6, 6.07) is 7.79. The average Bonchev–Trinajstić information content (AvgIpc) is 2.20. The van der Waals surface area contributed by atoms with Gasteiger partial charge in [0.1, 0.15) is 0 Å². The molecule has 0 heterocycles. The summed E-state index contributed by atoms with van der Waals surface area (Å²) in [4.78, 5) is 11.1. The Bertz CT molecular complexity index is 395. The maximum absolute atomic E-state index is 11.1. The van der Waals surface area contributed by atoms with Crippen molar-refractivity contribution in [3.05, 3.63) is 41.0 Å². The van der Waals surface area contributed by atoms with Crippen molar-refractivity contribution in [2.45, 2.75) is 33.6 Å². The molecule has 2 nitrogen and oxygen atoms in total. The maximum Gasteiger partial charge on any atom is 0.336 e. The van der Waals surface area contributed by atoms with E-state index in [1.54, 1.807) is 0 Å². The third-order valence-electron chi connectivity index (χ3n) is 2.50. The highest BCUT2D eigenvalue weighted by Crippen LogP contribution is 2.19. The van der Waals surface area contributed by atoms with Gasteiger partial charge in [-0.1, -0.05) is 43.2 Å². The predicted octanol–water partition coefficient (Wildman–Crippen LogP) is 3.52. The van der Waals surface area contributed by atoms with Crippen LogP contribution in [0.3, 0.4) is 0 Å². The number of aliphatic carboxylic acids is 1. The van der Waals surface area contributed by atoms with Gasteiger partial charge in [0, 0.05) is 0 Å². The molecule has 0 fully saturated rings. The summed E-state index contributed by atoms with van der Waals surface area (Å²) in [7, 11) is 0. The van der Waals surface area contributed by atoms with E-state index in [0.717, 1.165) is 24.0 Å². The van der Waals surface area contributed by atoms with Crippen molar-refractivity contribution in [1.82, 2.24) is 0 Å². The zero-order valence-corrected chi connectivity index (χ0v) is 10.1. The lowest BCUT2D eigenvalue weighted by Gasteiger charge is -2.06. The number of aryl methyl sites for hydroxylation is 1. The smallest absolute Gasteiger partial charge is 0.336 e. The molecule has 1 aromatic carbocycles. The Morgan fingerprint density at radius 3 is 2.12 bits per heavy atom. The van der Waals surface area contributed by atoms with Gasteiger partial charge in [0.2, 0.25) is 0 Å². The standard InChI is InChI=1S/C14H18O2/c1-4-5-11-6-8-12(9-7-11)13(10(2)3)14(15)16/h6-9H,4-5H2,1-3H3,(H,15,16). The van der Waals surface area contributed by atoms with Gasteiger partial charge in [0.25, 0.3) is 0 Å². The number of allylic oxidation sites excluding steroid dienone is 1. The summed E-state index contributed by atoms with van der Waals surface area (Å²) in [6.45, 7) is 5.78. The van der Waals surface area contributed by atoms with E-state index in [-0.39, 0.29) is 0 Å². The number of carboxylic acids is 1. The van der Waals surface area contributed by atoms with Crippen LogP contribution in [0.15, 0.2) is 29.8 Å². The molecule has 1 aromatic rings.